The Morgan fingerprint density at radius 2 is 1.74 bits per heavy atom. The van der Waals surface area contributed by atoms with Crippen LogP contribution < -0.4 is 10.2 Å². The number of nitrogens with one attached hydrogen (secondary N) is 1. The molecule has 3 heteroatoms. The molecule has 19 heavy (non-hydrogen) atoms. The first-order chi connectivity index (χ1) is 9.36. The van der Waals surface area contributed by atoms with Gasteiger partial charge < -0.3 is 10.2 Å². The third kappa shape index (κ3) is 2.55. The first-order valence-corrected chi connectivity index (χ1v) is 6.81. The Morgan fingerprint density at radius 3 is 2.37 bits per heavy atom. The minimum absolute atomic E-state index is 1.06. The highest BCUT2D eigenvalue weighted by Gasteiger charge is 2.14. The Bertz CT molecular complexity index is 538. The van der Waals surface area contributed by atoms with Crippen molar-refractivity contribution in [2.75, 3.05) is 30.4 Å². The zero-order valence-electron chi connectivity index (χ0n) is 11.3. The van der Waals surface area contributed by atoms with Gasteiger partial charge in [-0.1, -0.05) is 24.3 Å². The Balaban J connectivity index is 1.81. The summed E-state index contributed by atoms with van der Waals surface area (Å²) in [4.78, 5) is 6.73. The maximum atomic E-state index is 4.31. The Morgan fingerprint density at radius 1 is 1.05 bits per heavy atom. The monoisotopic (exact) mass is 253 g/mol. The molecule has 3 nitrogen and oxygen atoms in total. The van der Waals surface area contributed by atoms with E-state index in [2.05, 4.69) is 45.5 Å². The van der Waals surface area contributed by atoms with Crippen molar-refractivity contribution in [3.63, 3.8) is 0 Å². The SMILES string of the molecule is CNc1cncc(N2CCc3ccccc3CC2)c1. The molecule has 0 fully saturated rings. The smallest absolute Gasteiger partial charge is 0.0573 e. The van der Waals surface area contributed by atoms with E-state index in [1.807, 2.05) is 19.4 Å². The number of hydrogen-bond acceptors (Lipinski definition) is 3. The summed E-state index contributed by atoms with van der Waals surface area (Å²) in [5, 5.41) is 3.15. The zero-order chi connectivity index (χ0) is 13.1. The van der Waals surface area contributed by atoms with Crippen LogP contribution in [0, 0.1) is 0 Å². The van der Waals surface area contributed by atoms with Crippen molar-refractivity contribution in [2.24, 2.45) is 0 Å². The third-order valence-electron chi connectivity index (χ3n) is 3.80. The molecule has 1 aromatic carbocycles. The molecule has 2 aromatic rings. The molecule has 2 heterocycles. The summed E-state index contributed by atoms with van der Waals surface area (Å²) in [6.07, 6.45) is 6.03. The van der Waals surface area contributed by atoms with E-state index in [0.29, 0.717) is 0 Å². The zero-order valence-corrected chi connectivity index (χ0v) is 11.3. The summed E-state index contributed by atoms with van der Waals surface area (Å²) in [6, 6.07) is 10.9. The largest absolute Gasteiger partial charge is 0.387 e. The van der Waals surface area contributed by atoms with E-state index in [1.54, 1.807) is 0 Å². The maximum Gasteiger partial charge on any atom is 0.0573 e. The number of fused-ring (bicyclic) bond motifs is 1. The summed E-state index contributed by atoms with van der Waals surface area (Å²) < 4.78 is 0. The lowest BCUT2D eigenvalue weighted by molar-refractivity contribution is 0.803. The van der Waals surface area contributed by atoms with Gasteiger partial charge in [-0.3, -0.25) is 4.98 Å². The molecule has 0 radical (unpaired) electrons. The van der Waals surface area contributed by atoms with Crippen molar-refractivity contribution in [3.8, 4) is 0 Å². The second-order valence-electron chi connectivity index (χ2n) is 4.94. The molecule has 1 aliphatic rings. The minimum Gasteiger partial charge on any atom is -0.387 e. The third-order valence-corrected chi connectivity index (χ3v) is 3.80. The maximum absolute atomic E-state index is 4.31. The van der Waals surface area contributed by atoms with Gasteiger partial charge >= 0.3 is 0 Å². The molecule has 3 rings (SSSR count). The fourth-order valence-electron chi connectivity index (χ4n) is 2.66. The van der Waals surface area contributed by atoms with Crippen LogP contribution in [0.25, 0.3) is 0 Å². The van der Waals surface area contributed by atoms with E-state index in [9.17, 15) is 0 Å². The Kier molecular flexibility index (Phi) is 3.36. The van der Waals surface area contributed by atoms with Crippen LogP contribution >= 0.6 is 0 Å². The molecule has 98 valence electrons. The van der Waals surface area contributed by atoms with Crippen LogP contribution in [0.4, 0.5) is 11.4 Å². The summed E-state index contributed by atoms with van der Waals surface area (Å²) >= 11 is 0. The number of nitrogens with zero attached hydrogens (tertiary/aromatic N) is 2. The van der Waals surface area contributed by atoms with Gasteiger partial charge in [0.25, 0.3) is 0 Å². The van der Waals surface area contributed by atoms with E-state index in [0.717, 1.165) is 31.6 Å². The lowest BCUT2D eigenvalue weighted by Gasteiger charge is -2.22. The van der Waals surface area contributed by atoms with Crippen LogP contribution in [0.2, 0.25) is 0 Å². The van der Waals surface area contributed by atoms with E-state index in [4.69, 9.17) is 0 Å². The molecule has 1 N–H and O–H groups in total. The number of benzene rings is 1. The molecule has 0 saturated heterocycles. The van der Waals surface area contributed by atoms with Gasteiger partial charge in [0.1, 0.15) is 0 Å². The van der Waals surface area contributed by atoms with Crippen LogP contribution in [0.15, 0.2) is 42.7 Å². The van der Waals surface area contributed by atoms with Crippen molar-refractivity contribution >= 4 is 11.4 Å². The van der Waals surface area contributed by atoms with Crippen molar-refractivity contribution in [3.05, 3.63) is 53.9 Å². The van der Waals surface area contributed by atoms with Crippen molar-refractivity contribution in [1.29, 1.82) is 0 Å². The highest BCUT2D eigenvalue weighted by atomic mass is 15.1. The standard InChI is InChI=1S/C16H19N3/c1-17-15-10-16(12-18-11-15)19-8-6-13-4-2-3-5-14(13)7-9-19/h2-5,10-12,17H,6-9H2,1H3. The fourth-order valence-corrected chi connectivity index (χ4v) is 2.66. The van der Waals surface area contributed by atoms with Gasteiger partial charge in [-0.2, -0.15) is 0 Å². The number of rotatable bonds is 2. The molecule has 0 amide bonds. The van der Waals surface area contributed by atoms with E-state index in [1.165, 1.54) is 16.8 Å². The van der Waals surface area contributed by atoms with Crippen LogP contribution in [0.1, 0.15) is 11.1 Å². The lowest BCUT2D eigenvalue weighted by atomic mass is 10.0. The molecule has 0 bridgehead atoms. The Hall–Kier alpha value is -2.03. The molecule has 0 saturated carbocycles. The predicted molar refractivity (Wildman–Crippen MR) is 79.8 cm³/mol. The van der Waals surface area contributed by atoms with Crippen LogP contribution in [0.3, 0.4) is 0 Å². The molecule has 1 aromatic heterocycles. The molecule has 1 aliphatic heterocycles. The van der Waals surface area contributed by atoms with Crippen LogP contribution in [-0.2, 0) is 12.8 Å². The van der Waals surface area contributed by atoms with E-state index in [-0.39, 0.29) is 0 Å². The summed E-state index contributed by atoms with van der Waals surface area (Å²) in [6.45, 7) is 2.12. The second kappa shape index (κ2) is 5.31. The van der Waals surface area contributed by atoms with Crippen molar-refractivity contribution < 1.29 is 0 Å². The van der Waals surface area contributed by atoms with Crippen LogP contribution in [0.5, 0.6) is 0 Å². The molecular formula is C16H19N3. The molecular weight excluding hydrogens is 234 g/mol. The topological polar surface area (TPSA) is 28.2 Å². The summed E-state index contributed by atoms with van der Waals surface area (Å²) in [5.74, 6) is 0. The number of anilines is 2. The van der Waals surface area contributed by atoms with Crippen molar-refractivity contribution in [2.45, 2.75) is 12.8 Å². The Labute approximate surface area is 114 Å². The number of pyridine rings is 1. The molecule has 0 unspecified atom stereocenters. The van der Waals surface area contributed by atoms with Gasteiger partial charge in [-0.15, -0.1) is 0 Å². The van der Waals surface area contributed by atoms with Gasteiger partial charge in [0.15, 0.2) is 0 Å². The highest BCUT2D eigenvalue weighted by Crippen LogP contribution is 2.22. The van der Waals surface area contributed by atoms with Gasteiger partial charge in [-0.05, 0) is 30.0 Å². The average molecular weight is 253 g/mol. The average Bonchev–Trinajstić information content (AvgIpc) is 2.70. The normalized spacial score (nSPS) is 14.7. The van der Waals surface area contributed by atoms with Gasteiger partial charge in [-0.25, -0.2) is 0 Å². The summed E-state index contributed by atoms with van der Waals surface area (Å²) in [7, 11) is 1.93. The number of hydrogen-bond donors (Lipinski definition) is 1. The highest BCUT2D eigenvalue weighted by molar-refractivity contribution is 5.55. The van der Waals surface area contributed by atoms with Crippen molar-refractivity contribution in [1.82, 2.24) is 4.98 Å². The predicted octanol–water partition coefficient (Wildman–Crippen LogP) is 2.73. The van der Waals surface area contributed by atoms with E-state index >= 15 is 0 Å². The number of aromatic nitrogens is 1. The quantitative estimate of drug-likeness (QED) is 0.892. The first-order valence-electron chi connectivity index (χ1n) is 6.81. The minimum atomic E-state index is 1.06. The molecule has 0 aliphatic carbocycles. The van der Waals surface area contributed by atoms with Gasteiger partial charge in [0, 0.05) is 20.1 Å². The van der Waals surface area contributed by atoms with Crippen LogP contribution in [-0.4, -0.2) is 25.1 Å². The second-order valence-corrected chi connectivity index (χ2v) is 4.94. The molecule has 0 atom stereocenters. The lowest BCUT2D eigenvalue weighted by Crippen LogP contribution is -2.26. The first kappa shape index (κ1) is 12.0. The van der Waals surface area contributed by atoms with Gasteiger partial charge in [0.2, 0.25) is 0 Å². The summed E-state index contributed by atoms with van der Waals surface area (Å²) in [5.41, 5.74) is 5.25. The fraction of sp³-hybridized carbons (Fsp3) is 0.312. The molecule has 0 spiro atoms. The van der Waals surface area contributed by atoms with Gasteiger partial charge in [0.05, 0.1) is 23.8 Å². The van der Waals surface area contributed by atoms with E-state index < -0.39 is 0 Å².